The van der Waals surface area contributed by atoms with Crippen molar-refractivity contribution in [2.45, 2.75) is 45.6 Å². The summed E-state index contributed by atoms with van der Waals surface area (Å²) in [7, 11) is 1.62. The first-order chi connectivity index (χ1) is 11.2. The number of piperidine rings is 1. The van der Waals surface area contributed by atoms with E-state index in [1.165, 1.54) is 6.42 Å². The van der Waals surface area contributed by atoms with E-state index in [0.29, 0.717) is 18.4 Å². The molecule has 1 aromatic carbocycles. The van der Waals surface area contributed by atoms with Crippen molar-refractivity contribution in [3.8, 4) is 11.5 Å². The first kappa shape index (κ1) is 17.4. The molecule has 0 N–H and O–H groups in total. The van der Waals surface area contributed by atoms with Crippen LogP contribution in [0.15, 0.2) is 24.3 Å². The lowest BCUT2D eigenvalue weighted by Crippen LogP contribution is -2.42. The molecule has 1 aromatic rings. The van der Waals surface area contributed by atoms with Gasteiger partial charge >= 0.3 is 0 Å². The Morgan fingerprint density at radius 2 is 2.13 bits per heavy atom. The second kappa shape index (κ2) is 8.61. The molecule has 1 amide bonds. The third-order valence-electron chi connectivity index (χ3n) is 4.29. The average Bonchev–Trinajstić information content (AvgIpc) is 2.60. The highest BCUT2D eigenvalue weighted by molar-refractivity contribution is 5.92. The molecule has 1 aliphatic rings. The Morgan fingerprint density at radius 3 is 2.83 bits per heavy atom. The molecule has 23 heavy (non-hydrogen) atoms. The van der Waals surface area contributed by atoms with Crippen molar-refractivity contribution < 1.29 is 14.3 Å². The van der Waals surface area contributed by atoms with Gasteiger partial charge in [0.05, 0.1) is 13.7 Å². The zero-order valence-corrected chi connectivity index (χ0v) is 14.4. The second-order valence-electron chi connectivity index (χ2n) is 5.77. The Bertz CT molecular complexity index is 554. The summed E-state index contributed by atoms with van der Waals surface area (Å²) < 4.78 is 10.8. The summed E-state index contributed by atoms with van der Waals surface area (Å²) in [5.74, 6) is 1.51. The van der Waals surface area contributed by atoms with Gasteiger partial charge in [-0.15, -0.1) is 0 Å². The first-order valence-electron chi connectivity index (χ1n) is 8.49. The van der Waals surface area contributed by atoms with Gasteiger partial charge in [-0.2, -0.15) is 0 Å². The van der Waals surface area contributed by atoms with Crippen LogP contribution in [0.3, 0.4) is 0 Å². The summed E-state index contributed by atoms with van der Waals surface area (Å²) >= 11 is 0. The maximum atomic E-state index is 12.4. The van der Waals surface area contributed by atoms with Gasteiger partial charge in [-0.1, -0.05) is 13.0 Å². The number of benzene rings is 1. The Hall–Kier alpha value is -1.97. The van der Waals surface area contributed by atoms with Crippen LogP contribution < -0.4 is 9.47 Å². The van der Waals surface area contributed by atoms with E-state index in [1.54, 1.807) is 13.2 Å². The number of ether oxygens (including phenoxy) is 2. The molecule has 4 nitrogen and oxygen atoms in total. The van der Waals surface area contributed by atoms with Gasteiger partial charge in [0, 0.05) is 18.7 Å². The number of hydrogen-bond acceptors (Lipinski definition) is 3. The van der Waals surface area contributed by atoms with Crippen molar-refractivity contribution >= 4 is 12.0 Å². The van der Waals surface area contributed by atoms with Crippen molar-refractivity contribution in [2.75, 3.05) is 20.3 Å². The zero-order chi connectivity index (χ0) is 16.7. The van der Waals surface area contributed by atoms with E-state index in [1.807, 2.05) is 36.1 Å². The van der Waals surface area contributed by atoms with E-state index in [0.717, 1.165) is 37.1 Å². The highest BCUT2D eigenvalue weighted by Gasteiger charge is 2.23. The lowest BCUT2D eigenvalue weighted by molar-refractivity contribution is -0.129. The SMILES string of the molecule is CCOc1ccc(/C=C/C(=O)N2CCCCC2CC)cc1OC. The van der Waals surface area contributed by atoms with Crippen molar-refractivity contribution in [1.29, 1.82) is 0 Å². The molecular formula is C19H27NO3. The molecule has 4 heteroatoms. The smallest absolute Gasteiger partial charge is 0.246 e. The second-order valence-corrected chi connectivity index (χ2v) is 5.77. The van der Waals surface area contributed by atoms with Crippen molar-refractivity contribution in [1.82, 2.24) is 4.90 Å². The van der Waals surface area contributed by atoms with Crippen LogP contribution in [0.4, 0.5) is 0 Å². The van der Waals surface area contributed by atoms with Gasteiger partial charge in [0.2, 0.25) is 5.91 Å². The fourth-order valence-corrected chi connectivity index (χ4v) is 3.04. The molecule has 0 spiro atoms. The highest BCUT2D eigenvalue weighted by atomic mass is 16.5. The Balaban J connectivity index is 2.08. The molecule has 1 aliphatic heterocycles. The lowest BCUT2D eigenvalue weighted by Gasteiger charge is -2.34. The summed E-state index contributed by atoms with van der Waals surface area (Å²) in [6.45, 7) is 5.55. The van der Waals surface area contributed by atoms with Gasteiger partial charge in [-0.05, 0) is 56.4 Å². The molecule has 2 rings (SSSR count). The Morgan fingerprint density at radius 1 is 1.30 bits per heavy atom. The van der Waals surface area contributed by atoms with Crippen LogP contribution in [0.5, 0.6) is 11.5 Å². The van der Waals surface area contributed by atoms with Gasteiger partial charge < -0.3 is 14.4 Å². The predicted octanol–water partition coefficient (Wildman–Crippen LogP) is 3.90. The van der Waals surface area contributed by atoms with Gasteiger partial charge in [-0.25, -0.2) is 0 Å². The molecule has 0 aliphatic carbocycles. The van der Waals surface area contributed by atoms with Crippen molar-refractivity contribution in [2.24, 2.45) is 0 Å². The van der Waals surface area contributed by atoms with Crippen LogP contribution in [0.25, 0.3) is 6.08 Å². The molecule has 1 fully saturated rings. The third kappa shape index (κ3) is 4.50. The monoisotopic (exact) mass is 317 g/mol. The molecule has 1 heterocycles. The number of hydrogen-bond donors (Lipinski definition) is 0. The van der Waals surface area contributed by atoms with Gasteiger partial charge in [-0.3, -0.25) is 4.79 Å². The Kier molecular flexibility index (Phi) is 6.51. The van der Waals surface area contributed by atoms with Crippen LogP contribution in [-0.2, 0) is 4.79 Å². The van der Waals surface area contributed by atoms with Crippen LogP contribution >= 0.6 is 0 Å². The molecular weight excluding hydrogens is 290 g/mol. The molecule has 126 valence electrons. The van der Waals surface area contributed by atoms with E-state index in [4.69, 9.17) is 9.47 Å². The summed E-state index contributed by atoms with van der Waals surface area (Å²) in [4.78, 5) is 14.5. The molecule has 1 saturated heterocycles. The first-order valence-corrected chi connectivity index (χ1v) is 8.49. The topological polar surface area (TPSA) is 38.8 Å². The third-order valence-corrected chi connectivity index (χ3v) is 4.29. The van der Waals surface area contributed by atoms with Gasteiger partial charge in [0.1, 0.15) is 0 Å². The van der Waals surface area contributed by atoms with Crippen molar-refractivity contribution in [3.05, 3.63) is 29.8 Å². The van der Waals surface area contributed by atoms with E-state index in [-0.39, 0.29) is 5.91 Å². The highest BCUT2D eigenvalue weighted by Crippen LogP contribution is 2.28. The lowest BCUT2D eigenvalue weighted by atomic mass is 10.00. The minimum absolute atomic E-state index is 0.101. The van der Waals surface area contributed by atoms with Gasteiger partial charge in [0.25, 0.3) is 0 Å². The zero-order valence-electron chi connectivity index (χ0n) is 14.4. The molecule has 0 saturated carbocycles. The van der Waals surface area contributed by atoms with Crippen molar-refractivity contribution in [3.63, 3.8) is 0 Å². The quantitative estimate of drug-likeness (QED) is 0.747. The molecule has 1 unspecified atom stereocenters. The van der Waals surface area contributed by atoms with E-state index >= 15 is 0 Å². The minimum Gasteiger partial charge on any atom is -0.493 e. The molecule has 0 aromatic heterocycles. The molecule has 1 atom stereocenters. The number of likely N-dealkylation sites (tertiary alicyclic amines) is 1. The number of carbonyl (C=O) groups excluding carboxylic acids is 1. The standard InChI is InChI=1S/C19H27NO3/c1-4-16-8-6-7-13-20(16)19(21)12-10-15-9-11-17(23-5-2)18(14-15)22-3/h9-12,14,16H,4-8,13H2,1-3H3/b12-10+. The number of nitrogens with zero attached hydrogens (tertiary/aromatic N) is 1. The van der Waals surface area contributed by atoms with Gasteiger partial charge in [0.15, 0.2) is 11.5 Å². The molecule has 0 bridgehead atoms. The number of amides is 1. The fraction of sp³-hybridized carbons (Fsp3) is 0.526. The van der Waals surface area contributed by atoms with Crippen LogP contribution in [0, 0.1) is 0 Å². The summed E-state index contributed by atoms with van der Waals surface area (Å²) in [5.41, 5.74) is 0.934. The largest absolute Gasteiger partial charge is 0.493 e. The predicted molar refractivity (Wildman–Crippen MR) is 92.8 cm³/mol. The average molecular weight is 317 g/mol. The maximum absolute atomic E-state index is 12.4. The van der Waals surface area contributed by atoms with Crippen LogP contribution in [0.1, 0.15) is 45.1 Å². The summed E-state index contributed by atoms with van der Waals surface area (Å²) in [6.07, 6.45) is 7.99. The van der Waals surface area contributed by atoms with Crippen LogP contribution in [0.2, 0.25) is 0 Å². The molecule has 0 radical (unpaired) electrons. The minimum atomic E-state index is 0.101. The Labute approximate surface area is 139 Å². The van der Waals surface area contributed by atoms with E-state index in [9.17, 15) is 4.79 Å². The van der Waals surface area contributed by atoms with Crippen LogP contribution in [-0.4, -0.2) is 37.1 Å². The number of carbonyl (C=O) groups is 1. The van der Waals surface area contributed by atoms with E-state index in [2.05, 4.69) is 6.92 Å². The fourth-order valence-electron chi connectivity index (χ4n) is 3.04. The normalized spacial score (nSPS) is 18.2. The number of methoxy groups -OCH3 is 1. The number of rotatable bonds is 6. The summed E-state index contributed by atoms with van der Waals surface area (Å²) in [6, 6.07) is 6.09. The summed E-state index contributed by atoms with van der Waals surface area (Å²) in [5, 5.41) is 0. The maximum Gasteiger partial charge on any atom is 0.246 e. The van der Waals surface area contributed by atoms with E-state index < -0.39 is 0 Å².